The van der Waals surface area contributed by atoms with Gasteiger partial charge >= 0.3 is 0 Å². The fourth-order valence-electron chi connectivity index (χ4n) is 1.43. The van der Waals surface area contributed by atoms with Crippen LogP contribution < -0.4 is 5.73 Å². The van der Waals surface area contributed by atoms with Crippen LogP contribution in [0.15, 0.2) is 27.2 Å². The zero-order chi connectivity index (χ0) is 12.6. The third-order valence-electron chi connectivity index (χ3n) is 2.33. The number of aromatic nitrogens is 1. The Balaban J connectivity index is 2.60. The predicted molar refractivity (Wildman–Crippen MR) is 65.4 cm³/mol. The third-order valence-corrected chi connectivity index (χ3v) is 2.78. The van der Waals surface area contributed by atoms with Gasteiger partial charge in [-0.15, -0.1) is 0 Å². The van der Waals surface area contributed by atoms with Crippen LogP contribution in [0.5, 0.6) is 0 Å². The largest absolute Gasteiger partial charge is 0.367 e. The number of hydrogen-bond acceptors (Lipinski definition) is 5. The Morgan fingerprint density at radius 1 is 1.47 bits per heavy atom. The van der Waals surface area contributed by atoms with Crippen LogP contribution in [0.3, 0.4) is 0 Å². The summed E-state index contributed by atoms with van der Waals surface area (Å²) >= 11 is 3.22. The average Bonchev–Trinajstić information content (AvgIpc) is 2.59. The van der Waals surface area contributed by atoms with Gasteiger partial charge in [0.25, 0.3) is 5.69 Å². The van der Waals surface area contributed by atoms with E-state index in [1.807, 2.05) is 0 Å². The molecule has 0 unspecified atom stereocenters. The maximum Gasteiger partial charge on any atom is 0.271 e. The lowest BCUT2D eigenvalue weighted by atomic mass is 10.1. The van der Waals surface area contributed by atoms with Gasteiger partial charge in [0.15, 0.2) is 0 Å². The van der Waals surface area contributed by atoms with Crippen LogP contribution in [0.4, 0.5) is 11.6 Å². The van der Waals surface area contributed by atoms with Crippen LogP contribution in [-0.2, 0) is 0 Å². The highest BCUT2D eigenvalue weighted by Crippen LogP contribution is 2.31. The second-order valence-corrected chi connectivity index (χ2v) is 4.39. The number of nitro groups is 1. The Kier molecular flexibility index (Phi) is 2.84. The van der Waals surface area contributed by atoms with Gasteiger partial charge < -0.3 is 10.3 Å². The quantitative estimate of drug-likeness (QED) is 0.679. The molecule has 0 aliphatic carbocycles. The molecule has 0 saturated heterocycles. The van der Waals surface area contributed by atoms with E-state index in [0.29, 0.717) is 21.3 Å². The van der Waals surface area contributed by atoms with Crippen LogP contribution >= 0.6 is 15.9 Å². The lowest BCUT2D eigenvalue weighted by Gasteiger charge is -1.99. The molecule has 0 atom stereocenters. The minimum atomic E-state index is -0.465. The summed E-state index contributed by atoms with van der Waals surface area (Å²) in [6.07, 6.45) is 0. The second kappa shape index (κ2) is 4.17. The Morgan fingerprint density at radius 2 is 2.18 bits per heavy atom. The van der Waals surface area contributed by atoms with Gasteiger partial charge in [-0.1, -0.05) is 21.1 Å². The van der Waals surface area contributed by atoms with Crippen LogP contribution in [0.1, 0.15) is 5.56 Å². The van der Waals surface area contributed by atoms with Gasteiger partial charge in [0.05, 0.1) is 4.92 Å². The summed E-state index contributed by atoms with van der Waals surface area (Å²) < 4.78 is 5.43. The molecule has 1 heterocycles. The molecular formula is C10H8BrN3O3. The summed E-state index contributed by atoms with van der Waals surface area (Å²) in [6, 6.07) is 4.56. The zero-order valence-electron chi connectivity index (χ0n) is 8.81. The van der Waals surface area contributed by atoms with Gasteiger partial charge in [-0.25, -0.2) is 0 Å². The number of non-ortho nitro benzene ring substituents is 1. The molecule has 0 bridgehead atoms. The first-order valence-electron chi connectivity index (χ1n) is 4.66. The number of halogens is 1. The summed E-state index contributed by atoms with van der Waals surface area (Å²) in [5, 5.41) is 14.5. The number of rotatable bonds is 2. The van der Waals surface area contributed by atoms with E-state index in [1.165, 1.54) is 12.1 Å². The molecular weight excluding hydrogens is 290 g/mol. The highest BCUT2D eigenvalue weighted by atomic mass is 79.9. The standard InChI is InChI=1S/C10H8BrN3O3/c1-5-9(13-17-10(5)12)6-2-7(11)4-8(3-6)14(15)16/h2-4H,12H2,1H3. The molecule has 0 spiro atoms. The Morgan fingerprint density at radius 3 is 2.71 bits per heavy atom. The fourth-order valence-corrected chi connectivity index (χ4v) is 1.92. The van der Waals surface area contributed by atoms with Gasteiger partial charge in [-0.2, -0.15) is 0 Å². The molecule has 0 saturated carbocycles. The molecule has 6 nitrogen and oxygen atoms in total. The SMILES string of the molecule is Cc1c(-c2cc(Br)cc([N+](=O)[O-])c2)noc1N. The molecule has 0 aliphatic heterocycles. The number of nitrogens with zero attached hydrogens (tertiary/aromatic N) is 2. The van der Waals surface area contributed by atoms with Crippen molar-refractivity contribution in [2.24, 2.45) is 0 Å². The van der Waals surface area contributed by atoms with Crippen molar-refractivity contribution in [2.45, 2.75) is 6.92 Å². The smallest absolute Gasteiger partial charge is 0.271 e. The molecule has 1 aromatic heterocycles. The molecule has 2 aromatic rings. The van der Waals surface area contributed by atoms with Crippen molar-refractivity contribution in [2.75, 3.05) is 5.73 Å². The monoisotopic (exact) mass is 297 g/mol. The van der Waals surface area contributed by atoms with Crippen LogP contribution in [0.25, 0.3) is 11.3 Å². The maximum atomic E-state index is 10.7. The zero-order valence-corrected chi connectivity index (χ0v) is 10.4. The minimum absolute atomic E-state index is 0.0182. The second-order valence-electron chi connectivity index (χ2n) is 3.48. The fraction of sp³-hybridized carbons (Fsp3) is 0.100. The Labute approximate surface area is 105 Å². The molecule has 88 valence electrons. The van der Waals surface area contributed by atoms with E-state index in [4.69, 9.17) is 10.3 Å². The van der Waals surface area contributed by atoms with Crippen molar-refractivity contribution in [1.29, 1.82) is 0 Å². The molecule has 2 rings (SSSR count). The van der Waals surface area contributed by atoms with E-state index in [0.717, 1.165) is 0 Å². The summed E-state index contributed by atoms with van der Waals surface area (Å²) in [4.78, 5) is 10.3. The highest BCUT2D eigenvalue weighted by Gasteiger charge is 2.15. The summed E-state index contributed by atoms with van der Waals surface area (Å²) in [7, 11) is 0. The van der Waals surface area contributed by atoms with Gasteiger partial charge in [-0.3, -0.25) is 10.1 Å². The van der Waals surface area contributed by atoms with Gasteiger partial charge in [-0.05, 0) is 13.0 Å². The number of nitro benzene ring substituents is 1. The van der Waals surface area contributed by atoms with E-state index in [9.17, 15) is 10.1 Å². The number of benzene rings is 1. The summed E-state index contributed by atoms with van der Waals surface area (Å²) in [5.74, 6) is 0.211. The predicted octanol–water partition coefficient (Wildman–Crippen LogP) is 2.90. The first kappa shape index (κ1) is 11.6. The Bertz CT molecular complexity index is 594. The minimum Gasteiger partial charge on any atom is -0.367 e. The number of anilines is 1. The highest BCUT2D eigenvalue weighted by molar-refractivity contribution is 9.10. The third kappa shape index (κ3) is 2.14. The van der Waals surface area contributed by atoms with E-state index in [-0.39, 0.29) is 11.6 Å². The van der Waals surface area contributed by atoms with Crippen molar-refractivity contribution in [1.82, 2.24) is 5.16 Å². The van der Waals surface area contributed by atoms with Gasteiger partial charge in [0.2, 0.25) is 5.88 Å². The summed E-state index contributed by atoms with van der Waals surface area (Å²) in [6.45, 7) is 1.74. The van der Waals surface area contributed by atoms with E-state index in [2.05, 4.69) is 21.1 Å². The number of nitrogen functional groups attached to an aromatic ring is 1. The lowest BCUT2D eigenvalue weighted by Crippen LogP contribution is -1.90. The van der Waals surface area contributed by atoms with E-state index < -0.39 is 4.92 Å². The van der Waals surface area contributed by atoms with Crippen molar-refractivity contribution in [3.63, 3.8) is 0 Å². The molecule has 0 amide bonds. The first-order chi connectivity index (χ1) is 7.99. The van der Waals surface area contributed by atoms with Crippen LogP contribution in [0.2, 0.25) is 0 Å². The topological polar surface area (TPSA) is 95.2 Å². The molecule has 1 aromatic carbocycles. The lowest BCUT2D eigenvalue weighted by molar-refractivity contribution is -0.384. The van der Waals surface area contributed by atoms with Crippen molar-refractivity contribution in [3.05, 3.63) is 38.3 Å². The van der Waals surface area contributed by atoms with Crippen LogP contribution in [0, 0.1) is 17.0 Å². The maximum absolute atomic E-state index is 10.7. The van der Waals surface area contributed by atoms with Crippen molar-refractivity contribution < 1.29 is 9.45 Å². The first-order valence-corrected chi connectivity index (χ1v) is 5.45. The molecule has 0 aliphatic rings. The summed E-state index contributed by atoms with van der Waals surface area (Å²) in [5.41, 5.74) is 7.28. The number of hydrogen-bond donors (Lipinski definition) is 1. The normalized spacial score (nSPS) is 10.5. The molecule has 0 fully saturated rings. The molecule has 0 radical (unpaired) electrons. The van der Waals surface area contributed by atoms with Crippen molar-refractivity contribution in [3.8, 4) is 11.3 Å². The number of nitrogens with two attached hydrogens (primary N) is 1. The average molecular weight is 298 g/mol. The van der Waals surface area contributed by atoms with E-state index >= 15 is 0 Å². The molecule has 7 heteroatoms. The molecule has 17 heavy (non-hydrogen) atoms. The Hall–Kier alpha value is -1.89. The van der Waals surface area contributed by atoms with Crippen LogP contribution in [-0.4, -0.2) is 10.1 Å². The van der Waals surface area contributed by atoms with Gasteiger partial charge in [0.1, 0.15) is 5.69 Å². The van der Waals surface area contributed by atoms with E-state index in [1.54, 1.807) is 13.0 Å². The van der Waals surface area contributed by atoms with Gasteiger partial charge in [0, 0.05) is 27.7 Å². The van der Waals surface area contributed by atoms with Crippen molar-refractivity contribution >= 4 is 27.5 Å². The molecule has 2 N–H and O–H groups in total.